The highest BCUT2D eigenvalue weighted by molar-refractivity contribution is 7.15. The van der Waals surface area contributed by atoms with Crippen molar-refractivity contribution in [2.75, 3.05) is 6.54 Å². The highest BCUT2D eigenvalue weighted by Gasteiger charge is 2.13. The first-order valence-corrected chi connectivity index (χ1v) is 7.92. The summed E-state index contributed by atoms with van der Waals surface area (Å²) in [5.41, 5.74) is 2.81. The zero-order valence-electron chi connectivity index (χ0n) is 10.3. The smallest absolute Gasteiger partial charge is 0.114 e. The summed E-state index contributed by atoms with van der Waals surface area (Å²) in [6.07, 6.45) is 0. The molecule has 1 N–H and O–H groups in total. The van der Waals surface area contributed by atoms with Crippen LogP contribution in [-0.4, -0.2) is 15.3 Å². The molecule has 3 nitrogen and oxygen atoms in total. The number of thiophene rings is 1. The van der Waals surface area contributed by atoms with E-state index in [-0.39, 0.29) is 0 Å². The lowest BCUT2D eigenvalue weighted by atomic mass is 10.1. The van der Waals surface area contributed by atoms with Gasteiger partial charge in [-0.05, 0) is 30.8 Å². The molecule has 3 aromatic rings. The number of hydrogen-bond acceptors (Lipinski definition) is 5. The summed E-state index contributed by atoms with van der Waals surface area (Å²) >= 11 is 9.31. The Balaban J connectivity index is 2.05. The molecule has 0 spiro atoms. The molecule has 2 aromatic heterocycles. The maximum atomic E-state index is 6.34. The van der Waals surface area contributed by atoms with Gasteiger partial charge in [-0.3, -0.25) is 0 Å². The minimum atomic E-state index is 0.733. The zero-order chi connectivity index (χ0) is 13.2. The van der Waals surface area contributed by atoms with E-state index in [9.17, 15) is 0 Å². The van der Waals surface area contributed by atoms with Crippen molar-refractivity contribution in [3.05, 3.63) is 34.2 Å². The number of benzene rings is 1. The lowest BCUT2D eigenvalue weighted by molar-refractivity contribution is 0.735. The highest BCUT2D eigenvalue weighted by atomic mass is 35.5. The third-order valence-electron chi connectivity index (χ3n) is 2.83. The van der Waals surface area contributed by atoms with Crippen LogP contribution in [-0.2, 0) is 6.54 Å². The van der Waals surface area contributed by atoms with Crippen LogP contribution in [0.25, 0.3) is 21.5 Å². The molecule has 0 saturated carbocycles. The van der Waals surface area contributed by atoms with Gasteiger partial charge in [-0.1, -0.05) is 18.5 Å². The number of nitrogens with one attached hydrogen (secondary N) is 1. The largest absolute Gasteiger partial charge is 0.312 e. The summed E-state index contributed by atoms with van der Waals surface area (Å²) in [5, 5.41) is 4.06. The molecule has 0 atom stereocenters. The average Bonchev–Trinajstić information content (AvgIpc) is 3.04. The van der Waals surface area contributed by atoms with E-state index in [2.05, 4.69) is 33.1 Å². The molecule has 2 heterocycles. The molecule has 0 aliphatic rings. The Morgan fingerprint density at radius 1 is 1.21 bits per heavy atom. The van der Waals surface area contributed by atoms with Crippen molar-refractivity contribution in [1.82, 2.24) is 14.1 Å². The van der Waals surface area contributed by atoms with Crippen LogP contribution in [0.3, 0.4) is 0 Å². The summed E-state index contributed by atoms with van der Waals surface area (Å²) in [6.45, 7) is 3.97. The molecule has 0 aliphatic carbocycles. The third-order valence-corrected chi connectivity index (χ3v) is 4.79. The number of halogens is 1. The van der Waals surface area contributed by atoms with E-state index < -0.39 is 0 Å². The normalized spacial score (nSPS) is 11.3. The van der Waals surface area contributed by atoms with E-state index in [1.807, 2.05) is 12.1 Å². The maximum absolute atomic E-state index is 6.34. The van der Waals surface area contributed by atoms with Gasteiger partial charge in [0.25, 0.3) is 0 Å². The Morgan fingerprint density at radius 2 is 2.11 bits per heavy atom. The topological polar surface area (TPSA) is 37.8 Å². The molecule has 0 bridgehead atoms. The molecule has 0 amide bonds. The second-order valence-corrected chi connectivity index (χ2v) is 6.20. The second kappa shape index (κ2) is 5.54. The fourth-order valence-electron chi connectivity index (χ4n) is 1.92. The molecule has 0 aliphatic heterocycles. The Labute approximate surface area is 124 Å². The number of hydrogen-bond donors (Lipinski definition) is 1. The summed E-state index contributed by atoms with van der Waals surface area (Å²) < 4.78 is 8.63. The predicted molar refractivity (Wildman–Crippen MR) is 83.1 cm³/mol. The van der Waals surface area contributed by atoms with Gasteiger partial charge in [0.2, 0.25) is 0 Å². The second-order valence-electron chi connectivity index (χ2n) is 4.10. The van der Waals surface area contributed by atoms with Gasteiger partial charge in [-0.2, -0.15) is 8.75 Å². The van der Waals surface area contributed by atoms with Crippen LogP contribution in [0.1, 0.15) is 11.8 Å². The SMILES string of the molecule is CCNCc1ccc(-c2c(Cl)ccc3nsnc23)s1. The minimum absolute atomic E-state index is 0.733. The van der Waals surface area contributed by atoms with E-state index in [1.165, 1.54) is 16.6 Å². The molecule has 1 aromatic carbocycles. The van der Waals surface area contributed by atoms with Gasteiger partial charge < -0.3 is 5.32 Å². The summed E-state index contributed by atoms with van der Waals surface area (Å²) in [6, 6.07) is 8.05. The first kappa shape index (κ1) is 13.0. The van der Waals surface area contributed by atoms with Crippen LogP contribution in [0.5, 0.6) is 0 Å². The first-order chi connectivity index (χ1) is 9.29. The maximum Gasteiger partial charge on any atom is 0.114 e. The van der Waals surface area contributed by atoms with Crippen LogP contribution in [0, 0.1) is 0 Å². The van der Waals surface area contributed by atoms with E-state index in [0.29, 0.717) is 0 Å². The summed E-state index contributed by atoms with van der Waals surface area (Å²) in [5.74, 6) is 0. The average molecular weight is 310 g/mol. The Bertz CT molecular complexity index is 705. The molecular formula is C13H12ClN3S2. The fourth-order valence-corrected chi connectivity index (χ4v) is 3.81. The van der Waals surface area contributed by atoms with Crippen molar-refractivity contribution in [2.24, 2.45) is 0 Å². The number of aromatic nitrogens is 2. The van der Waals surface area contributed by atoms with Crippen molar-refractivity contribution in [3.63, 3.8) is 0 Å². The highest BCUT2D eigenvalue weighted by Crippen LogP contribution is 2.38. The van der Waals surface area contributed by atoms with Gasteiger partial charge in [-0.15, -0.1) is 11.3 Å². The van der Waals surface area contributed by atoms with Crippen molar-refractivity contribution in [3.8, 4) is 10.4 Å². The van der Waals surface area contributed by atoms with Gasteiger partial charge in [0.1, 0.15) is 11.0 Å². The van der Waals surface area contributed by atoms with E-state index in [0.717, 1.165) is 39.6 Å². The van der Waals surface area contributed by atoms with Crippen molar-refractivity contribution in [2.45, 2.75) is 13.5 Å². The summed E-state index contributed by atoms with van der Waals surface area (Å²) in [4.78, 5) is 2.45. The molecular weight excluding hydrogens is 298 g/mol. The fraction of sp³-hybridized carbons (Fsp3) is 0.231. The van der Waals surface area contributed by atoms with Crippen LogP contribution in [0.2, 0.25) is 5.02 Å². The molecule has 3 rings (SSSR count). The molecule has 19 heavy (non-hydrogen) atoms. The number of fused-ring (bicyclic) bond motifs is 1. The van der Waals surface area contributed by atoms with E-state index in [1.54, 1.807) is 11.3 Å². The monoisotopic (exact) mass is 309 g/mol. The van der Waals surface area contributed by atoms with E-state index in [4.69, 9.17) is 11.6 Å². The molecule has 0 fully saturated rings. The lowest BCUT2D eigenvalue weighted by Gasteiger charge is -2.02. The third kappa shape index (κ3) is 2.51. The molecule has 0 radical (unpaired) electrons. The lowest BCUT2D eigenvalue weighted by Crippen LogP contribution is -2.10. The van der Waals surface area contributed by atoms with Crippen molar-refractivity contribution < 1.29 is 0 Å². The number of rotatable bonds is 4. The van der Waals surface area contributed by atoms with Gasteiger partial charge in [0.15, 0.2) is 0 Å². The van der Waals surface area contributed by atoms with Crippen molar-refractivity contribution >= 4 is 45.7 Å². The molecule has 0 saturated heterocycles. The molecule has 98 valence electrons. The standard InChI is InChI=1S/C13H12ClN3S2/c1-2-15-7-8-3-6-11(18-8)12-9(14)4-5-10-13(12)17-19-16-10/h3-6,15H,2,7H2,1H3. The van der Waals surface area contributed by atoms with Crippen molar-refractivity contribution in [1.29, 1.82) is 0 Å². The van der Waals surface area contributed by atoms with Crippen LogP contribution in [0.15, 0.2) is 24.3 Å². The predicted octanol–water partition coefficient (Wildman–Crippen LogP) is 4.18. The minimum Gasteiger partial charge on any atom is -0.312 e. The van der Waals surface area contributed by atoms with E-state index >= 15 is 0 Å². The van der Waals surface area contributed by atoms with Crippen LogP contribution in [0.4, 0.5) is 0 Å². The van der Waals surface area contributed by atoms with Gasteiger partial charge in [-0.25, -0.2) is 0 Å². The van der Waals surface area contributed by atoms with Gasteiger partial charge in [0.05, 0.1) is 16.8 Å². The van der Waals surface area contributed by atoms with Crippen LogP contribution < -0.4 is 5.32 Å². The zero-order valence-corrected chi connectivity index (χ0v) is 12.7. The van der Waals surface area contributed by atoms with Crippen LogP contribution >= 0.6 is 34.7 Å². The van der Waals surface area contributed by atoms with Gasteiger partial charge in [0, 0.05) is 21.9 Å². The summed E-state index contributed by atoms with van der Waals surface area (Å²) in [7, 11) is 0. The molecule has 6 heteroatoms. The Kier molecular flexibility index (Phi) is 3.79. The first-order valence-electron chi connectivity index (χ1n) is 6.00. The number of nitrogens with zero attached hydrogens (tertiary/aromatic N) is 2. The Hall–Kier alpha value is -1.01. The quantitative estimate of drug-likeness (QED) is 0.785. The van der Waals surface area contributed by atoms with Gasteiger partial charge >= 0.3 is 0 Å². The molecule has 0 unspecified atom stereocenters. The Morgan fingerprint density at radius 3 is 2.95 bits per heavy atom.